The third-order valence-corrected chi connectivity index (χ3v) is 7.13. The number of ether oxygens (including phenoxy) is 1. The molecular weight excluding hydrogens is 351 g/mol. The van der Waals surface area contributed by atoms with Crippen molar-refractivity contribution in [3.05, 3.63) is 35.4 Å². The van der Waals surface area contributed by atoms with Crippen LogP contribution in [-0.4, -0.2) is 31.4 Å². The molecule has 1 atom stereocenters. The van der Waals surface area contributed by atoms with Crippen molar-refractivity contribution in [1.29, 1.82) is 0 Å². The van der Waals surface area contributed by atoms with E-state index in [0.717, 1.165) is 12.0 Å². The largest absolute Gasteiger partial charge is 0.465 e. The average Bonchev–Trinajstić information content (AvgIpc) is 2.87. The molecule has 0 spiro atoms. The molecule has 3 rings (SSSR count). The van der Waals surface area contributed by atoms with Gasteiger partial charge in [-0.05, 0) is 70.1 Å². The maximum absolute atomic E-state index is 11.8. The molecule has 2 aliphatic rings. The van der Waals surface area contributed by atoms with E-state index in [4.69, 9.17) is 14.0 Å². The molecule has 0 N–H and O–H groups in total. The summed E-state index contributed by atoms with van der Waals surface area (Å²) < 4.78 is 17.7. The van der Waals surface area contributed by atoms with Crippen molar-refractivity contribution < 1.29 is 18.8 Å². The molecule has 5 heteroatoms. The van der Waals surface area contributed by atoms with Crippen LogP contribution in [-0.2, 0) is 14.0 Å². The van der Waals surface area contributed by atoms with E-state index in [2.05, 4.69) is 34.6 Å². The Kier molecular flexibility index (Phi) is 5.98. The van der Waals surface area contributed by atoms with Crippen molar-refractivity contribution in [2.24, 2.45) is 5.41 Å². The molecule has 154 valence electrons. The first-order valence-electron chi connectivity index (χ1n) is 10.6. The molecule has 0 aromatic heterocycles. The van der Waals surface area contributed by atoms with Gasteiger partial charge in [0.2, 0.25) is 0 Å². The van der Waals surface area contributed by atoms with Crippen LogP contribution in [0.3, 0.4) is 0 Å². The van der Waals surface area contributed by atoms with E-state index in [0.29, 0.717) is 11.0 Å². The number of esters is 1. The van der Waals surface area contributed by atoms with Crippen molar-refractivity contribution in [1.82, 2.24) is 0 Å². The third kappa shape index (κ3) is 4.31. The zero-order valence-corrected chi connectivity index (χ0v) is 18.3. The molecule has 1 aliphatic carbocycles. The fraction of sp³-hybridized carbons (Fsp3) is 0.696. The highest BCUT2D eigenvalue weighted by atomic mass is 16.7. The van der Waals surface area contributed by atoms with Gasteiger partial charge in [-0.2, -0.15) is 0 Å². The molecule has 1 aromatic carbocycles. The minimum atomic E-state index is -0.352. The number of hydrogen-bond donors (Lipinski definition) is 0. The number of rotatable bonds is 5. The van der Waals surface area contributed by atoms with Gasteiger partial charge >= 0.3 is 13.1 Å². The van der Waals surface area contributed by atoms with E-state index in [1.165, 1.54) is 39.2 Å². The first-order chi connectivity index (χ1) is 13.1. The van der Waals surface area contributed by atoms with Gasteiger partial charge in [-0.1, -0.05) is 38.3 Å². The molecule has 0 unspecified atom stereocenters. The Balaban J connectivity index is 1.89. The molecule has 4 nitrogen and oxygen atoms in total. The highest BCUT2D eigenvalue weighted by molar-refractivity contribution is 6.47. The van der Waals surface area contributed by atoms with Gasteiger partial charge in [-0.25, -0.2) is 4.79 Å². The fourth-order valence-electron chi connectivity index (χ4n) is 4.55. The summed E-state index contributed by atoms with van der Waals surface area (Å²) in [6.07, 6.45) is 7.47. The van der Waals surface area contributed by atoms with Gasteiger partial charge < -0.3 is 14.0 Å². The maximum Gasteiger partial charge on any atom is 0.465 e. The Morgan fingerprint density at radius 3 is 2.04 bits per heavy atom. The van der Waals surface area contributed by atoms with E-state index in [9.17, 15) is 4.79 Å². The van der Waals surface area contributed by atoms with E-state index in [1.54, 1.807) is 0 Å². The fourth-order valence-corrected chi connectivity index (χ4v) is 4.55. The summed E-state index contributed by atoms with van der Waals surface area (Å²) >= 11 is 0. The second kappa shape index (κ2) is 7.83. The van der Waals surface area contributed by atoms with Gasteiger partial charge in [0, 0.05) is 5.82 Å². The molecule has 0 bridgehead atoms. The molecule has 1 aliphatic heterocycles. The molecule has 1 aromatic rings. The quantitative estimate of drug-likeness (QED) is 0.492. The summed E-state index contributed by atoms with van der Waals surface area (Å²) in [4.78, 5) is 11.8. The first-order valence-corrected chi connectivity index (χ1v) is 10.6. The minimum Gasteiger partial charge on any atom is -0.465 e. The van der Waals surface area contributed by atoms with Gasteiger partial charge in [0.05, 0.1) is 23.9 Å². The first kappa shape index (κ1) is 21.4. The summed E-state index contributed by atoms with van der Waals surface area (Å²) in [6, 6.07) is 7.77. The monoisotopic (exact) mass is 386 g/mol. The van der Waals surface area contributed by atoms with E-state index < -0.39 is 0 Å². The Morgan fingerprint density at radius 1 is 1.00 bits per heavy atom. The summed E-state index contributed by atoms with van der Waals surface area (Å²) in [5.74, 6) is -0.172. The third-order valence-electron chi connectivity index (χ3n) is 7.13. The molecule has 0 radical (unpaired) electrons. The van der Waals surface area contributed by atoms with Crippen LogP contribution in [0.2, 0.25) is 0 Å². The maximum atomic E-state index is 11.8. The van der Waals surface area contributed by atoms with Crippen LogP contribution >= 0.6 is 0 Å². The molecule has 0 amide bonds. The van der Waals surface area contributed by atoms with Gasteiger partial charge in [-0.15, -0.1) is 0 Å². The number of hydrogen-bond acceptors (Lipinski definition) is 4. The van der Waals surface area contributed by atoms with Crippen molar-refractivity contribution in [2.45, 2.75) is 90.2 Å². The minimum absolute atomic E-state index is 0.135. The smallest absolute Gasteiger partial charge is 0.465 e. The van der Waals surface area contributed by atoms with Crippen molar-refractivity contribution in [2.75, 3.05) is 7.11 Å². The van der Waals surface area contributed by atoms with Gasteiger partial charge in [0.15, 0.2) is 0 Å². The molecule has 28 heavy (non-hydrogen) atoms. The van der Waals surface area contributed by atoms with Crippen molar-refractivity contribution in [3.8, 4) is 0 Å². The summed E-state index contributed by atoms with van der Waals surface area (Å²) in [5.41, 5.74) is 1.33. The second-order valence-electron chi connectivity index (χ2n) is 9.92. The summed E-state index contributed by atoms with van der Waals surface area (Å²) in [5, 5.41) is 0. The Bertz CT molecular complexity index is 673. The number of carbonyl (C=O) groups is 1. The standard InChI is InChI=1S/C23H35BO4/c1-21(2)22(3,4)28-24(27-21)19(16-23(5)14-8-7-9-15-23)17-10-12-18(13-11-17)20(25)26-6/h10-13,19H,7-9,14-16H2,1-6H3/t19-/m0/s1. The Morgan fingerprint density at radius 2 is 1.54 bits per heavy atom. The number of carbonyl (C=O) groups excluding carboxylic acids is 1. The van der Waals surface area contributed by atoms with Gasteiger partial charge in [0.1, 0.15) is 0 Å². The highest BCUT2D eigenvalue weighted by Gasteiger charge is 2.54. The predicted molar refractivity (Wildman–Crippen MR) is 112 cm³/mol. The lowest BCUT2D eigenvalue weighted by atomic mass is 9.58. The lowest BCUT2D eigenvalue weighted by Gasteiger charge is -2.37. The van der Waals surface area contributed by atoms with Gasteiger partial charge in [0.25, 0.3) is 0 Å². The van der Waals surface area contributed by atoms with E-state index in [-0.39, 0.29) is 30.1 Å². The van der Waals surface area contributed by atoms with E-state index in [1.807, 2.05) is 24.3 Å². The van der Waals surface area contributed by atoms with Gasteiger partial charge in [-0.3, -0.25) is 0 Å². The molecule has 1 heterocycles. The lowest BCUT2D eigenvalue weighted by Crippen LogP contribution is -2.41. The molecule has 1 saturated carbocycles. The van der Waals surface area contributed by atoms with Crippen LogP contribution in [0.5, 0.6) is 0 Å². The average molecular weight is 386 g/mol. The summed E-state index contributed by atoms with van der Waals surface area (Å²) in [6.45, 7) is 10.8. The van der Waals surface area contributed by atoms with Crippen LogP contribution < -0.4 is 0 Å². The molecule has 2 fully saturated rings. The zero-order chi connectivity index (χ0) is 20.6. The zero-order valence-electron chi connectivity index (χ0n) is 18.3. The van der Waals surface area contributed by atoms with E-state index >= 15 is 0 Å². The summed E-state index contributed by atoms with van der Waals surface area (Å²) in [7, 11) is 1.13. The molecular formula is C23H35BO4. The topological polar surface area (TPSA) is 44.8 Å². The van der Waals surface area contributed by atoms with Crippen LogP contribution in [0.15, 0.2) is 24.3 Å². The predicted octanol–water partition coefficient (Wildman–Crippen LogP) is 5.55. The van der Waals surface area contributed by atoms with Crippen molar-refractivity contribution >= 4 is 13.1 Å². The SMILES string of the molecule is COC(=O)c1ccc([C@H](CC2(C)CCCCC2)B2OC(C)(C)C(C)(C)O2)cc1. The number of methoxy groups -OCH3 is 1. The lowest BCUT2D eigenvalue weighted by molar-refractivity contribution is 0.00578. The Hall–Kier alpha value is -1.33. The molecule has 1 saturated heterocycles. The highest BCUT2D eigenvalue weighted by Crippen LogP contribution is 2.48. The van der Waals surface area contributed by atoms with Crippen molar-refractivity contribution in [3.63, 3.8) is 0 Å². The van der Waals surface area contributed by atoms with Crippen LogP contribution in [0.4, 0.5) is 0 Å². The second-order valence-corrected chi connectivity index (χ2v) is 9.92. The normalized spacial score (nSPS) is 24.0. The van der Waals surface area contributed by atoms with Crippen LogP contribution in [0.25, 0.3) is 0 Å². The Labute approximate surface area is 170 Å². The van der Waals surface area contributed by atoms with Crippen LogP contribution in [0, 0.1) is 5.41 Å². The number of benzene rings is 1. The van der Waals surface area contributed by atoms with Crippen LogP contribution in [0.1, 0.15) is 94.9 Å².